The normalized spacial score (nSPS) is 18.4. The monoisotopic (exact) mass is 604 g/mol. The summed E-state index contributed by atoms with van der Waals surface area (Å²) < 4.78 is 122. The second kappa shape index (κ2) is 10.9. The highest BCUT2D eigenvalue weighted by Gasteiger charge is 2.44. The molecule has 1 aromatic heterocycles. The fraction of sp³-hybridized carbons (Fsp3) is 0.308. The van der Waals surface area contributed by atoms with E-state index in [9.17, 15) is 43.9 Å². The van der Waals surface area contributed by atoms with Crippen molar-refractivity contribution < 1.29 is 43.9 Å². The van der Waals surface area contributed by atoms with Crippen LogP contribution in [0, 0.1) is 5.82 Å². The van der Waals surface area contributed by atoms with Gasteiger partial charge in [0.1, 0.15) is 10.7 Å². The van der Waals surface area contributed by atoms with Crippen LogP contribution in [-0.4, -0.2) is 61.9 Å². The number of carbonyl (C=O) groups is 1. The Morgan fingerprint density at radius 3 is 2.02 bits per heavy atom. The predicted molar refractivity (Wildman–Crippen MR) is 134 cm³/mol. The average Bonchev–Trinajstić information content (AvgIpc) is 3.38. The summed E-state index contributed by atoms with van der Waals surface area (Å²) in [4.78, 5) is 18.8. The minimum Gasteiger partial charge on any atom is -0.322 e. The lowest BCUT2D eigenvalue weighted by Crippen LogP contribution is -2.47. The van der Waals surface area contributed by atoms with Gasteiger partial charge in [-0.1, -0.05) is 12.1 Å². The van der Waals surface area contributed by atoms with Crippen molar-refractivity contribution in [1.82, 2.24) is 14.2 Å². The lowest BCUT2D eigenvalue weighted by atomic mass is 9.93. The second-order valence-corrected chi connectivity index (χ2v) is 11.4. The van der Waals surface area contributed by atoms with Crippen molar-refractivity contribution in [2.75, 3.05) is 32.1 Å². The molecule has 0 radical (unpaired) electrons. The maximum absolute atomic E-state index is 13.6. The van der Waals surface area contributed by atoms with Crippen LogP contribution < -0.4 is 4.90 Å². The van der Waals surface area contributed by atoms with Gasteiger partial charge in [-0.2, -0.15) is 30.6 Å². The first kappa shape index (κ1) is 30.2. The maximum atomic E-state index is 13.6. The van der Waals surface area contributed by atoms with E-state index in [0.29, 0.717) is 22.6 Å². The number of hydrogen-bond donors (Lipinski definition) is 0. The smallest absolute Gasteiger partial charge is 0.322 e. The van der Waals surface area contributed by atoms with Crippen LogP contribution >= 0.6 is 0 Å². The maximum Gasteiger partial charge on any atom is 0.416 e. The van der Waals surface area contributed by atoms with Crippen molar-refractivity contribution in [3.05, 3.63) is 89.5 Å². The van der Waals surface area contributed by atoms with Crippen molar-refractivity contribution in [2.24, 2.45) is 0 Å². The van der Waals surface area contributed by atoms with Gasteiger partial charge in [-0.25, -0.2) is 17.6 Å². The van der Waals surface area contributed by atoms with Gasteiger partial charge in [-0.15, -0.1) is 0 Å². The third-order valence-corrected chi connectivity index (χ3v) is 8.69. The summed E-state index contributed by atoms with van der Waals surface area (Å²) >= 11 is 0. The Labute approximate surface area is 230 Å². The quantitative estimate of drug-likeness (QED) is 0.356. The largest absolute Gasteiger partial charge is 0.416 e. The number of nitrogens with zero attached hydrogens (tertiary/aromatic N) is 4. The van der Waals surface area contributed by atoms with Crippen molar-refractivity contribution >= 4 is 21.7 Å². The summed E-state index contributed by atoms with van der Waals surface area (Å²) in [5, 5.41) is 0. The van der Waals surface area contributed by atoms with E-state index in [1.807, 2.05) is 0 Å². The molecular weight excluding hydrogens is 581 g/mol. The van der Waals surface area contributed by atoms with Crippen LogP contribution in [0.3, 0.4) is 0 Å². The fourth-order valence-electron chi connectivity index (χ4n) is 4.65. The molecule has 1 fully saturated rings. The molecular formula is C26H23F7N4O3S. The van der Waals surface area contributed by atoms with Gasteiger partial charge in [0.05, 0.1) is 17.2 Å². The van der Waals surface area contributed by atoms with Gasteiger partial charge in [0.25, 0.3) is 0 Å². The second-order valence-electron chi connectivity index (χ2n) is 9.45. The van der Waals surface area contributed by atoms with Gasteiger partial charge >= 0.3 is 18.4 Å². The average molecular weight is 605 g/mol. The van der Waals surface area contributed by atoms with E-state index in [0.717, 1.165) is 34.6 Å². The molecule has 0 bridgehead atoms. The van der Waals surface area contributed by atoms with Crippen LogP contribution in [0.4, 0.5) is 41.2 Å². The van der Waals surface area contributed by atoms with Gasteiger partial charge in [-0.3, -0.25) is 9.88 Å². The number of anilines is 1. The van der Waals surface area contributed by atoms with E-state index < -0.39 is 63.0 Å². The Kier molecular flexibility index (Phi) is 8.06. The summed E-state index contributed by atoms with van der Waals surface area (Å²) in [6.45, 7) is -0.400. The summed E-state index contributed by atoms with van der Waals surface area (Å²) in [6.07, 6.45) is -7.71. The highest BCUT2D eigenvalue weighted by molar-refractivity contribution is 7.89. The molecule has 2 atom stereocenters. The van der Waals surface area contributed by atoms with E-state index in [1.165, 1.54) is 37.5 Å². The minimum absolute atomic E-state index is 0.0474. The Balaban J connectivity index is 1.70. The van der Waals surface area contributed by atoms with Crippen molar-refractivity contribution in [2.45, 2.75) is 29.2 Å². The van der Waals surface area contributed by atoms with Gasteiger partial charge in [0.2, 0.25) is 10.0 Å². The first-order valence-electron chi connectivity index (χ1n) is 12.0. The number of benzene rings is 2. The van der Waals surface area contributed by atoms with E-state index in [1.54, 1.807) is 0 Å². The molecule has 7 nitrogen and oxygen atoms in total. The first-order valence-corrected chi connectivity index (χ1v) is 13.4. The molecule has 0 saturated carbocycles. The Morgan fingerprint density at radius 2 is 1.51 bits per heavy atom. The fourth-order valence-corrected chi connectivity index (χ4v) is 6.10. The van der Waals surface area contributed by atoms with Gasteiger partial charge in [0.15, 0.2) is 0 Å². The molecule has 2 unspecified atom stereocenters. The Morgan fingerprint density at radius 1 is 0.927 bits per heavy atom. The standard InChI is InChI=1S/C26H23F7N4O3S/c1-35(20-11-17(25(28,29)30)10-18(12-20)26(31,32)33)24(38)36(2)23-15-37(41(39,40)21-4-3-9-34-13-21)14-22(23)16-5-7-19(27)8-6-16/h3-13,22-23H,14-15H2,1-2H3. The zero-order valence-corrected chi connectivity index (χ0v) is 22.3. The zero-order chi connectivity index (χ0) is 30.3. The van der Waals surface area contributed by atoms with Gasteiger partial charge in [0, 0.05) is 51.2 Å². The van der Waals surface area contributed by atoms with Gasteiger partial charge in [-0.05, 0) is 48.0 Å². The summed E-state index contributed by atoms with van der Waals surface area (Å²) in [5.74, 6) is -1.27. The number of alkyl halides is 6. The lowest BCUT2D eigenvalue weighted by Gasteiger charge is -2.33. The van der Waals surface area contributed by atoms with Crippen LogP contribution in [0.25, 0.3) is 0 Å². The van der Waals surface area contributed by atoms with E-state index in [-0.39, 0.29) is 24.1 Å². The number of pyridine rings is 1. The van der Waals surface area contributed by atoms with Gasteiger partial charge < -0.3 is 4.90 Å². The number of rotatable bonds is 5. The molecule has 0 spiro atoms. The highest BCUT2D eigenvalue weighted by Crippen LogP contribution is 2.39. The number of hydrogen-bond acceptors (Lipinski definition) is 4. The molecule has 3 aromatic rings. The number of aromatic nitrogens is 1. The molecule has 1 aliphatic rings. The third-order valence-electron chi connectivity index (χ3n) is 6.87. The molecule has 2 aromatic carbocycles. The van der Waals surface area contributed by atoms with E-state index >= 15 is 0 Å². The molecule has 0 N–H and O–H groups in total. The van der Waals surface area contributed by atoms with E-state index in [2.05, 4.69) is 4.98 Å². The molecule has 2 heterocycles. The Bertz CT molecular complexity index is 1480. The van der Waals surface area contributed by atoms with Crippen molar-refractivity contribution in [3.63, 3.8) is 0 Å². The predicted octanol–water partition coefficient (Wildman–Crippen LogP) is 5.60. The molecule has 0 aliphatic carbocycles. The SMILES string of the molecule is CN(C(=O)N(C)C1CN(S(=O)(=O)c2cccnc2)CC1c1ccc(F)cc1)c1cc(C(F)(F)F)cc(C(F)(F)F)c1. The van der Waals surface area contributed by atoms with Crippen LogP contribution in [0.1, 0.15) is 22.6 Å². The number of carbonyl (C=O) groups excluding carboxylic acids is 1. The van der Waals surface area contributed by atoms with Crippen LogP contribution in [-0.2, 0) is 22.4 Å². The highest BCUT2D eigenvalue weighted by atomic mass is 32.2. The molecule has 41 heavy (non-hydrogen) atoms. The van der Waals surface area contributed by atoms with Crippen LogP contribution in [0.15, 0.2) is 71.9 Å². The molecule has 1 saturated heterocycles. The Hall–Kier alpha value is -3.72. The zero-order valence-electron chi connectivity index (χ0n) is 21.5. The summed E-state index contributed by atoms with van der Waals surface area (Å²) in [6, 6.07) is 6.77. The van der Waals surface area contributed by atoms with Crippen molar-refractivity contribution in [3.8, 4) is 0 Å². The number of amides is 2. The molecule has 1 aliphatic heterocycles. The number of halogens is 7. The molecule has 220 valence electrons. The molecule has 4 rings (SSSR count). The summed E-state index contributed by atoms with van der Waals surface area (Å²) in [7, 11) is -1.82. The van der Waals surface area contributed by atoms with Crippen molar-refractivity contribution in [1.29, 1.82) is 0 Å². The van der Waals surface area contributed by atoms with Crippen LogP contribution in [0.2, 0.25) is 0 Å². The third kappa shape index (κ3) is 6.30. The number of urea groups is 1. The topological polar surface area (TPSA) is 73.8 Å². The molecule has 15 heteroatoms. The lowest BCUT2D eigenvalue weighted by molar-refractivity contribution is -0.143. The van der Waals surface area contributed by atoms with Crippen LogP contribution in [0.5, 0.6) is 0 Å². The number of sulfonamides is 1. The minimum atomic E-state index is -5.12. The first-order chi connectivity index (χ1) is 19.0. The van der Waals surface area contributed by atoms with E-state index in [4.69, 9.17) is 0 Å². The number of likely N-dealkylation sites (N-methyl/N-ethyl adjacent to an activating group) is 1. The summed E-state index contributed by atoms with van der Waals surface area (Å²) in [5.41, 5.74) is -3.38. The molecule has 2 amide bonds.